The zero-order valence-electron chi connectivity index (χ0n) is 15.4. The van der Waals surface area contributed by atoms with E-state index in [-0.39, 0.29) is 11.9 Å². The van der Waals surface area contributed by atoms with Crippen molar-refractivity contribution in [3.63, 3.8) is 0 Å². The number of nitrogens with two attached hydrogens (primary N) is 1. The fraction of sp³-hybridized carbons (Fsp3) is 0.350. The van der Waals surface area contributed by atoms with E-state index in [0.717, 1.165) is 5.56 Å². The highest BCUT2D eigenvalue weighted by molar-refractivity contribution is 6.31. The second-order valence-electron chi connectivity index (χ2n) is 5.83. The van der Waals surface area contributed by atoms with Gasteiger partial charge in [0.05, 0.1) is 13.2 Å². The summed E-state index contributed by atoms with van der Waals surface area (Å²) in [6, 6.07) is 13.2. The lowest BCUT2D eigenvalue weighted by molar-refractivity contribution is -0.682. The highest BCUT2D eigenvalue weighted by Gasteiger charge is 2.15. The molecular formula is C20H26ClN2O3+. The molecule has 1 amide bonds. The number of amides is 1. The number of ether oxygens (including phenoxy) is 2. The van der Waals surface area contributed by atoms with E-state index in [2.05, 4.69) is 5.32 Å². The van der Waals surface area contributed by atoms with E-state index in [9.17, 15) is 4.79 Å². The summed E-state index contributed by atoms with van der Waals surface area (Å²) in [5.41, 5.74) is 1.70. The molecule has 26 heavy (non-hydrogen) atoms. The van der Waals surface area contributed by atoms with Crippen molar-refractivity contribution in [2.75, 3.05) is 25.1 Å². The molecule has 0 aliphatic heterocycles. The maximum absolute atomic E-state index is 12.3. The van der Waals surface area contributed by atoms with E-state index in [4.69, 9.17) is 21.1 Å². The summed E-state index contributed by atoms with van der Waals surface area (Å²) >= 11 is 6.21. The number of hydrogen-bond acceptors (Lipinski definition) is 3. The van der Waals surface area contributed by atoms with E-state index in [1.807, 2.05) is 56.4 Å². The van der Waals surface area contributed by atoms with Gasteiger partial charge >= 0.3 is 0 Å². The van der Waals surface area contributed by atoms with Crippen molar-refractivity contribution in [2.45, 2.75) is 26.8 Å². The molecule has 0 saturated heterocycles. The molecule has 2 rings (SSSR count). The number of benzene rings is 2. The molecule has 0 saturated carbocycles. The summed E-state index contributed by atoms with van der Waals surface area (Å²) in [7, 11) is 0. The van der Waals surface area contributed by atoms with Crippen LogP contribution in [0.4, 0.5) is 5.69 Å². The van der Waals surface area contributed by atoms with Gasteiger partial charge in [-0.2, -0.15) is 0 Å². The first-order valence-corrected chi connectivity index (χ1v) is 9.20. The van der Waals surface area contributed by atoms with Gasteiger partial charge in [-0.25, -0.2) is 0 Å². The number of anilines is 1. The van der Waals surface area contributed by atoms with Crippen molar-refractivity contribution in [1.29, 1.82) is 0 Å². The summed E-state index contributed by atoms with van der Waals surface area (Å²) in [6.07, 6.45) is 0. The predicted octanol–water partition coefficient (Wildman–Crippen LogP) is 3.40. The Morgan fingerprint density at radius 3 is 2.50 bits per heavy atom. The van der Waals surface area contributed by atoms with Gasteiger partial charge < -0.3 is 20.1 Å². The quantitative estimate of drug-likeness (QED) is 0.704. The largest absolute Gasteiger partial charge is 0.490 e. The molecule has 0 aliphatic carbocycles. The molecule has 0 aliphatic rings. The van der Waals surface area contributed by atoms with E-state index in [0.29, 0.717) is 42.0 Å². The van der Waals surface area contributed by atoms with Crippen LogP contribution in [0, 0.1) is 0 Å². The minimum absolute atomic E-state index is 0.0875. The Hall–Kier alpha value is -2.24. The number of nitrogens with one attached hydrogen (secondary N) is 1. The molecule has 0 aromatic heterocycles. The smallest absolute Gasteiger partial charge is 0.279 e. The molecule has 2 aromatic rings. The van der Waals surface area contributed by atoms with Gasteiger partial charge in [-0.15, -0.1) is 0 Å². The standard InChI is InChI=1S/C20H25ClN2O3/c1-4-25-18-11-10-15(12-19(18)26-5-2)23-20(24)13-22-14(3)16-8-6-7-9-17(16)21/h6-12,14,22H,4-5,13H2,1-3H3,(H,23,24)/p+1/t14-/m1/s1. The lowest BCUT2D eigenvalue weighted by Gasteiger charge is -2.14. The predicted molar refractivity (Wildman–Crippen MR) is 104 cm³/mol. The highest BCUT2D eigenvalue weighted by Crippen LogP contribution is 2.30. The van der Waals surface area contributed by atoms with Gasteiger partial charge in [0, 0.05) is 22.3 Å². The SMILES string of the molecule is CCOc1ccc(NC(=O)C[NH2+][C@H](C)c2ccccc2Cl)cc1OCC. The molecular weight excluding hydrogens is 352 g/mol. The van der Waals surface area contributed by atoms with E-state index < -0.39 is 0 Å². The van der Waals surface area contributed by atoms with Gasteiger partial charge in [0.1, 0.15) is 6.04 Å². The van der Waals surface area contributed by atoms with Gasteiger partial charge in [-0.1, -0.05) is 29.8 Å². The maximum Gasteiger partial charge on any atom is 0.279 e. The van der Waals surface area contributed by atoms with Crippen LogP contribution in [0.2, 0.25) is 5.02 Å². The second kappa shape index (κ2) is 10.0. The van der Waals surface area contributed by atoms with Crippen LogP contribution in [0.1, 0.15) is 32.4 Å². The maximum atomic E-state index is 12.3. The number of carbonyl (C=O) groups excluding carboxylic acids is 1. The first-order chi connectivity index (χ1) is 12.5. The average molecular weight is 378 g/mol. The zero-order chi connectivity index (χ0) is 18.9. The van der Waals surface area contributed by atoms with Crippen molar-refractivity contribution >= 4 is 23.2 Å². The molecule has 6 heteroatoms. The van der Waals surface area contributed by atoms with Crippen LogP contribution in [0.5, 0.6) is 11.5 Å². The van der Waals surface area contributed by atoms with Gasteiger partial charge in [0.2, 0.25) is 0 Å². The fourth-order valence-corrected chi connectivity index (χ4v) is 2.90. The van der Waals surface area contributed by atoms with Crippen LogP contribution >= 0.6 is 11.6 Å². The first kappa shape index (κ1) is 20.1. The van der Waals surface area contributed by atoms with Crippen LogP contribution in [0.3, 0.4) is 0 Å². The van der Waals surface area contributed by atoms with Crippen molar-refractivity contribution < 1.29 is 19.6 Å². The van der Waals surface area contributed by atoms with Gasteiger partial charge in [0.25, 0.3) is 5.91 Å². The Labute approximate surface area is 159 Å². The number of halogens is 1. The molecule has 0 heterocycles. The molecule has 0 radical (unpaired) electrons. The molecule has 140 valence electrons. The molecule has 0 unspecified atom stereocenters. The van der Waals surface area contributed by atoms with Gasteiger partial charge in [-0.3, -0.25) is 4.79 Å². The average Bonchev–Trinajstić information content (AvgIpc) is 2.62. The molecule has 5 nitrogen and oxygen atoms in total. The number of quaternary nitrogens is 1. The van der Waals surface area contributed by atoms with Crippen LogP contribution in [-0.2, 0) is 4.79 Å². The Kier molecular flexibility index (Phi) is 7.75. The third kappa shape index (κ3) is 5.64. The van der Waals surface area contributed by atoms with E-state index >= 15 is 0 Å². The fourth-order valence-electron chi connectivity index (χ4n) is 2.60. The number of hydrogen-bond donors (Lipinski definition) is 2. The van der Waals surface area contributed by atoms with Crippen LogP contribution < -0.4 is 20.1 Å². The van der Waals surface area contributed by atoms with Crippen LogP contribution in [0.25, 0.3) is 0 Å². The van der Waals surface area contributed by atoms with Crippen molar-refractivity contribution in [3.05, 3.63) is 53.1 Å². The summed E-state index contributed by atoms with van der Waals surface area (Å²) < 4.78 is 11.1. The minimum atomic E-state index is -0.0875. The minimum Gasteiger partial charge on any atom is -0.490 e. The van der Waals surface area contributed by atoms with E-state index in [1.54, 1.807) is 12.1 Å². The Balaban J connectivity index is 1.95. The van der Waals surface area contributed by atoms with Crippen molar-refractivity contribution in [1.82, 2.24) is 0 Å². The molecule has 3 N–H and O–H groups in total. The lowest BCUT2D eigenvalue weighted by Crippen LogP contribution is -2.86. The van der Waals surface area contributed by atoms with Gasteiger partial charge in [-0.05, 0) is 39.0 Å². The number of carbonyl (C=O) groups is 1. The topological polar surface area (TPSA) is 64.2 Å². The summed E-state index contributed by atoms with van der Waals surface area (Å²) in [5, 5.41) is 5.56. The summed E-state index contributed by atoms with van der Waals surface area (Å²) in [5.74, 6) is 1.21. The Morgan fingerprint density at radius 1 is 1.12 bits per heavy atom. The highest BCUT2D eigenvalue weighted by atomic mass is 35.5. The summed E-state index contributed by atoms with van der Waals surface area (Å²) in [4.78, 5) is 12.3. The second-order valence-corrected chi connectivity index (χ2v) is 6.23. The Bertz CT molecular complexity index is 737. The molecule has 0 fully saturated rings. The Morgan fingerprint density at radius 2 is 1.81 bits per heavy atom. The number of rotatable bonds is 9. The molecule has 1 atom stereocenters. The van der Waals surface area contributed by atoms with Gasteiger partial charge in [0.15, 0.2) is 18.0 Å². The third-order valence-corrected chi connectivity index (χ3v) is 4.22. The van der Waals surface area contributed by atoms with Crippen LogP contribution in [0.15, 0.2) is 42.5 Å². The van der Waals surface area contributed by atoms with Crippen LogP contribution in [-0.4, -0.2) is 25.7 Å². The molecule has 0 spiro atoms. The lowest BCUT2D eigenvalue weighted by atomic mass is 10.1. The summed E-state index contributed by atoms with van der Waals surface area (Å²) in [6.45, 7) is 7.23. The van der Waals surface area contributed by atoms with E-state index in [1.165, 1.54) is 0 Å². The first-order valence-electron chi connectivity index (χ1n) is 8.82. The molecule has 0 bridgehead atoms. The normalized spacial score (nSPS) is 11.7. The van der Waals surface area contributed by atoms with Crippen molar-refractivity contribution in [3.8, 4) is 11.5 Å². The van der Waals surface area contributed by atoms with Crippen molar-refractivity contribution in [2.24, 2.45) is 0 Å². The zero-order valence-corrected chi connectivity index (χ0v) is 16.2. The monoisotopic (exact) mass is 377 g/mol. The third-order valence-electron chi connectivity index (χ3n) is 3.88. The molecule has 2 aromatic carbocycles.